The van der Waals surface area contributed by atoms with Gasteiger partial charge in [-0.2, -0.15) is 17.5 Å². The van der Waals surface area contributed by atoms with E-state index in [2.05, 4.69) is 4.98 Å². The number of amides is 1. The number of rotatable bonds is 4. The van der Waals surface area contributed by atoms with Crippen LogP contribution < -0.4 is 0 Å². The van der Waals surface area contributed by atoms with E-state index in [-0.39, 0.29) is 24.9 Å². The van der Waals surface area contributed by atoms with Crippen LogP contribution in [0.2, 0.25) is 0 Å². The van der Waals surface area contributed by atoms with Crippen molar-refractivity contribution in [2.24, 2.45) is 5.92 Å². The molecule has 0 bridgehead atoms. The summed E-state index contributed by atoms with van der Waals surface area (Å²) in [6, 6.07) is 5.64. The Morgan fingerprint density at radius 2 is 1.89 bits per heavy atom. The zero-order valence-electron chi connectivity index (χ0n) is 14.9. The van der Waals surface area contributed by atoms with Crippen molar-refractivity contribution in [3.8, 4) is 0 Å². The first-order chi connectivity index (χ1) is 13.2. The molecule has 0 aliphatic carbocycles. The highest BCUT2D eigenvalue weighted by molar-refractivity contribution is 7.90. The predicted molar refractivity (Wildman–Crippen MR) is 93.8 cm³/mol. The summed E-state index contributed by atoms with van der Waals surface area (Å²) < 4.78 is 63.3. The number of carbonyl (C=O) groups excluding carboxylic acids is 1. The molecule has 1 saturated heterocycles. The van der Waals surface area contributed by atoms with Gasteiger partial charge in [0.1, 0.15) is 11.3 Å². The van der Waals surface area contributed by atoms with E-state index in [1.54, 1.807) is 11.1 Å². The van der Waals surface area contributed by atoms with Gasteiger partial charge in [0, 0.05) is 25.3 Å². The molecule has 0 radical (unpaired) electrons. The summed E-state index contributed by atoms with van der Waals surface area (Å²) >= 11 is 0. The number of nitrogens with zero attached hydrogens (tertiary/aromatic N) is 4. The molecule has 1 fully saturated rings. The molecule has 0 atom stereocenters. The molecule has 0 N–H and O–H groups in total. The van der Waals surface area contributed by atoms with Crippen molar-refractivity contribution in [1.82, 2.24) is 18.6 Å². The average Bonchev–Trinajstić information content (AvgIpc) is 3.09. The molecule has 4 rings (SSSR count). The molecule has 7 nitrogen and oxygen atoms in total. The van der Waals surface area contributed by atoms with Crippen LogP contribution in [0, 0.1) is 5.92 Å². The number of halogens is 3. The zero-order valence-corrected chi connectivity index (χ0v) is 15.7. The number of alkyl halides is 3. The fraction of sp³-hybridized carbons (Fsp3) is 0.529. The third-order valence-corrected chi connectivity index (χ3v) is 7.11. The monoisotopic (exact) mass is 416 g/mol. The Morgan fingerprint density at radius 1 is 1.18 bits per heavy atom. The number of aromatic nitrogens is 2. The second-order valence-corrected chi connectivity index (χ2v) is 9.09. The van der Waals surface area contributed by atoms with Gasteiger partial charge in [0.25, 0.3) is 5.91 Å². The number of piperidine rings is 1. The van der Waals surface area contributed by atoms with E-state index in [9.17, 15) is 26.4 Å². The first kappa shape index (κ1) is 19.2. The van der Waals surface area contributed by atoms with Gasteiger partial charge in [-0.1, -0.05) is 6.07 Å². The highest BCUT2D eigenvalue weighted by Gasteiger charge is 2.50. The molecule has 0 saturated carbocycles. The Kier molecular flexibility index (Phi) is 4.61. The van der Waals surface area contributed by atoms with E-state index in [4.69, 9.17) is 0 Å². The van der Waals surface area contributed by atoms with Gasteiger partial charge >= 0.3 is 15.5 Å². The maximum atomic E-state index is 12.7. The van der Waals surface area contributed by atoms with Crippen LogP contribution in [0.25, 0.3) is 5.65 Å². The van der Waals surface area contributed by atoms with Crippen molar-refractivity contribution in [2.75, 3.05) is 19.6 Å². The summed E-state index contributed by atoms with van der Waals surface area (Å²) in [5, 5.41) is 0. The Balaban J connectivity index is 1.36. The molecule has 2 aromatic heterocycles. The molecule has 1 amide bonds. The van der Waals surface area contributed by atoms with Gasteiger partial charge in [-0.3, -0.25) is 9.20 Å². The lowest BCUT2D eigenvalue weighted by Crippen LogP contribution is -2.45. The first-order valence-electron chi connectivity index (χ1n) is 8.99. The molecule has 0 unspecified atom stereocenters. The molecule has 2 aliphatic rings. The summed E-state index contributed by atoms with van der Waals surface area (Å²) in [5.74, 6) is -0.0431. The summed E-state index contributed by atoms with van der Waals surface area (Å²) in [6.45, 7) is 0.622. The number of hydrogen-bond acceptors (Lipinski definition) is 4. The van der Waals surface area contributed by atoms with Crippen LogP contribution in [-0.4, -0.2) is 58.1 Å². The Labute approximate surface area is 159 Å². The van der Waals surface area contributed by atoms with Crippen molar-refractivity contribution in [2.45, 2.75) is 31.3 Å². The Bertz CT molecular complexity index is 1010. The van der Waals surface area contributed by atoms with Gasteiger partial charge in [-0.05, 0) is 37.3 Å². The summed E-state index contributed by atoms with van der Waals surface area (Å²) in [7, 11) is -5.26. The first-order valence-corrected chi connectivity index (χ1v) is 10.4. The second kappa shape index (κ2) is 6.73. The van der Waals surface area contributed by atoms with Crippen LogP contribution in [0.4, 0.5) is 13.2 Å². The number of sulfonamides is 1. The second-order valence-electron chi connectivity index (χ2n) is 7.16. The summed E-state index contributed by atoms with van der Waals surface area (Å²) in [5.41, 5.74) is -3.08. The normalized spacial score (nSPS) is 19.5. The largest absolute Gasteiger partial charge is 0.511 e. The SMILES string of the molecule is O=C1c2cnc3cccc(n23)CN1CCC1CCN(S(=O)(=O)C(F)(F)F)CC1. The number of pyridine rings is 1. The van der Waals surface area contributed by atoms with E-state index >= 15 is 0 Å². The van der Waals surface area contributed by atoms with E-state index in [1.807, 2.05) is 22.6 Å². The molecule has 28 heavy (non-hydrogen) atoms. The van der Waals surface area contributed by atoms with Crippen LogP contribution in [-0.2, 0) is 16.6 Å². The van der Waals surface area contributed by atoms with Crippen LogP contribution in [0.5, 0.6) is 0 Å². The average molecular weight is 416 g/mol. The summed E-state index contributed by atoms with van der Waals surface area (Å²) in [6.07, 6.45) is 2.87. The van der Waals surface area contributed by atoms with Crippen LogP contribution in [0.3, 0.4) is 0 Å². The molecule has 0 aromatic carbocycles. The number of imidazole rings is 1. The maximum absolute atomic E-state index is 12.7. The quantitative estimate of drug-likeness (QED) is 0.766. The van der Waals surface area contributed by atoms with Gasteiger partial charge in [-0.15, -0.1) is 0 Å². The smallest absolute Gasteiger partial charge is 0.331 e. The molecule has 2 aliphatic heterocycles. The molecule has 4 heterocycles. The highest BCUT2D eigenvalue weighted by Crippen LogP contribution is 2.31. The molecule has 11 heteroatoms. The lowest BCUT2D eigenvalue weighted by atomic mass is 9.94. The van der Waals surface area contributed by atoms with Gasteiger partial charge < -0.3 is 4.90 Å². The van der Waals surface area contributed by atoms with Gasteiger partial charge in [0.05, 0.1) is 12.7 Å². The van der Waals surface area contributed by atoms with E-state index in [1.165, 1.54) is 0 Å². The van der Waals surface area contributed by atoms with Crippen LogP contribution in [0.1, 0.15) is 35.4 Å². The maximum Gasteiger partial charge on any atom is 0.511 e. The topological polar surface area (TPSA) is 75.0 Å². The molecular formula is C17H19F3N4O3S. The molecule has 0 spiro atoms. The van der Waals surface area contributed by atoms with E-state index < -0.39 is 15.5 Å². The molecule has 152 valence electrons. The zero-order chi connectivity index (χ0) is 20.1. The van der Waals surface area contributed by atoms with Gasteiger partial charge in [-0.25, -0.2) is 13.4 Å². The van der Waals surface area contributed by atoms with Crippen LogP contribution >= 0.6 is 0 Å². The van der Waals surface area contributed by atoms with Crippen molar-refractivity contribution >= 4 is 21.6 Å². The highest BCUT2D eigenvalue weighted by atomic mass is 32.2. The molecule has 2 aromatic rings. The number of carbonyl (C=O) groups is 1. The lowest BCUT2D eigenvalue weighted by molar-refractivity contribution is -0.0497. The Hall–Kier alpha value is -2.14. The summed E-state index contributed by atoms with van der Waals surface area (Å²) in [4.78, 5) is 18.6. The van der Waals surface area contributed by atoms with E-state index in [0.29, 0.717) is 42.4 Å². The lowest BCUT2D eigenvalue weighted by Gasteiger charge is -2.33. The van der Waals surface area contributed by atoms with Crippen molar-refractivity contribution in [1.29, 1.82) is 0 Å². The van der Waals surface area contributed by atoms with Crippen molar-refractivity contribution < 1.29 is 26.4 Å². The van der Waals surface area contributed by atoms with Crippen LogP contribution in [0.15, 0.2) is 24.4 Å². The van der Waals surface area contributed by atoms with Crippen molar-refractivity contribution in [3.05, 3.63) is 35.8 Å². The minimum Gasteiger partial charge on any atom is -0.331 e. The fourth-order valence-corrected chi connectivity index (χ4v) is 4.90. The van der Waals surface area contributed by atoms with Gasteiger partial charge in [0.15, 0.2) is 0 Å². The van der Waals surface area contributed by atoms with E-state index in [0.717, 1.165) is 11.3 Å². The predicted octanol–water partition coefficient (Wildman–Crippen LogP) is 2.24. The third kappa shape index (κ3) is 3.16. The van der Waals surface area contributed by atoms with Gasteiger partial charge in [0.2, 0.25) is 0 Å². The minimum absolute atomic E-state index is 0.0788. The third-order valence-electron chi connectivity index (χ3n) is 5.48. The van der Waals surface area contributed by atoms with Crippen molar-refractivity contribution in [3.63, 3.8) is 0 Å². The standard InChI is InChI=1S/C17H19F3N4O3S/c18-17(19,20)28(26,27)23-8-5-12(6-9-23)4-7-22-11-13-2-1-3-15-21-10-14(16(22)25)24(13)15/h1-3,10,12H,4-9,11H2. The number of hydrogen-bond donors (Lipinski definition) is 0. The minimum atomic E-state index is -5.26. The molecular weight excluding hydrogens is 397 g/mol. The Morgan fingerprint density at radius 3 is 2.57 bits per heavy atom. The fourth-order valence-electron chi connectivity index (χ4n) is 3.91.